The van der Waals surface area contributed by atoms with Crippen LogP contribution in [0.15, 0.2) is 0 Å². The Morgan fingerprint density at radius 1 is 0.469 bits per heavy atom. The van der Waals surface area contributed by atoms with Gasteiger partial charge in [-0.1, -0.05) is 51.4 Å². The van der Waals surface area contributed by atoms with E-state index in [1.165, 1.54) is 57.8 Å². The molecule has 0 aromatic rings. The van der Waals surface area contributed by atoms with E-state index in [0.717, 1.165) is 38.8 Å². The Kier molecular flexibility index (Phi) is 19.4. The summed E-state index contributed by atoms with van der Waals surface area (Å²) < 4.78 is 0. The first kappa shape index (κ1) is 29.9. The molecule has 0 spiro atoms. The van der Waals surface area contributed by atoms with Crippen LogP contribution in [0.25, 0.3) is 0 Å². The minimum atomic E-state index is -0.329. The van der Waals surface area contributed by atoms with E-state index in [1.807, 2.05) is 0 Å². The number of hydrogen-bond donors (Lipinski definition) is 3. The molecule has 0 atom stereocenters. The van der Waals surface area contributed by atoms with Gasteiger partial charge < -0.3 is 22.1 Å². The Morgan fingerprint density at radius 2 is 0.781 bits per heavy atom. The molecule has 1 aliphatic rings. The third kappa shape index (κ3) is 21.1. The molecule has 0 radical (unpaired) electrons. The van der Waals surface area contributed by atoms with Crippen LogP contribution in [0.2, 0.25) is 0 Å². The van der Waals surface area contributed by atoms with Crippen molar-refractivity contribution < 1.29 is 19.2 Å². The monoisotopic (exact) mass is 454 g/mol. The van der Waals surface area contributed by atoms with E-state index in [4.69, 9.17) is 17.2 Å². The van der Waals surface area contributed by atoms with Crippen LogP contribution in [-0.4, -0.2) is 41.6 Å². The normalized spacial score (nSPS) is 13.6. The first-order chi connectivity index (χ1) is 15.3. The van der Waals surface area contributed by atoms with Crippen molar-refractivity contribution in [2.75, 3.05) is 13.1 Å². The maximum absolute atomic E-state index is 12.1. The Balaban J connectivity index is 0.000000809. The molecule has 1 saturated heterocycles. The van der Waals surface area contributed by atoms with Gasteiger partial charge in [0.2, 0.25) is 23.6 Å². The minimum absolute atomic E-state index is 0.186. The number of nitrogens with zero attached hydrogens (tertiary/aromatic N) is 1. The van der Waals surface area contributed by atoms with Gasteiger partial charge in [-0.25, -0.2) is 0 Å². The second kappa shape index (κ2) is 20.8. The molecule has 6 N–H and O–H groups in total. The molecule has 4 amide bonds. The van der Waals surface area contributed by atoms with Gasteiger partial charge in [-0.15, -0.1) is 0 Å². The summed E-state index contributed by atoms with van der Waals surface area (Å²) in [5.41, 5.74) is 14.8. The van der Waals surface area contributed by atoms with Crippen molar-refractivity contribution in [3.63, 3.8) is 0 Å². The van der Waals surface area contributed by atoms with Crippen LogP contribution in [0.1, 0.15) is 116 Å². The molecular formula is C24H46N4O4. The van der Waals surface area contributed by atoms with E-state index in [9.17, 15) is 19.2 Å². The number of likely N-dealkylation sites (tertiary alicyclic amines) is 1. The number of primary amides is 3. The molecular weight excluding hydrogens is 408 g/mol. The quantitative estimate of drug-likeness (QED) is 0.307. The van der Waals surface area contributed by atoms with Crippen LogP contribution in [0.3, 0.4) is 0 Å². The van der Waals surface area contributed by atoms with E-state index in [0.29, 0.717) is 38.0 Å². The van der Waals surface area contributed by atoms with Crippen LogP contribution < -0.4 is 17.2 Å². The highest BCUT2D eigenvalue weighted by Crippen LogP contribution is 2.14. The van der Waals surface area contributed by atoms with Crippen molar-refractivity contribution in [1.29, 1.82) is 0 Å². The van der Waals surface area contributed by atoms with Gasteiger partial charge in [-0.3, -0.25) is 19.2 Å². The summed E-state index contributed by atoms with van der Waals surface area (Å²) in [6.07, 6.45) is 17.3. The average molecular weight is 455 g/mol. The van der Waals surface area contributed by atoms with Crippen LogP contribution in [0.5, 0.6) is 0 Å². The lowest BCUT2D eigenvalue weighted by atomic mass is 10.1. The van der Waals surface area contributed by atoms with Gasteiger partial charge in [-0.2, -0.15) is 0 Å². The van der Waals surface area contributed by atoms with Crippen molar-refractivity contribution in [3.05, 3.63) is 0 Å². The number of rotatable bonds is 16. The first-order valence-corrected chi connectivity index (χ1v) is 12.5. The molecule has 0 bridgehead atoms. The summed E-state index contributed by atoms with van der Waals surface area (Å²) >= 11 is 0. The number of carbonyl (C=O) groups excluding carboxylic acids is 4. The lowest BCUT2D eigenvalue weighted by Gasteiger charge is -2.20. The van der Waals surface area contributed by atoms with Gasteiger partial charge in [0, 0.05) is 38.8 Å². The maximum Gasteiger partial charge on any atom is 0.222 e. The SMILES string of the molecule is NC(=O)CCCCC(N)=O.NC(=O)CCCCCCCCCCC(=O)N1CCCCCC1. The summed E-state index contributed by atoms with van der Waals surface area (Å²) in [4.78, 5) is 45.1. The fraction of sp³-hybridized carbons (Fsp3) is 0.833. The molecule has 32 heavy (non-hydrogen) atoms. The molecule has 0 aromatic carbocycles. The molecule has 0 saturated carbocycles. The molecule has 1 rings (SSSR count). The Hall–Kier alpha value is -2.12. The summed E-state index contributed by atoms with van der Waals surface area (Å²) in [5.74, 6) is -0.476. The van der Waals surface area contributed by atoms with Crippen LogP contribution in [0.4, 0.5) is 0 Å². The minimum Gasteiger partial charge on any atom is -0.370 e. The molecule has 8 heteroatoms. The zero-order valence-corrected chi connectivity index (χ0v) is 20.0. The van der Waals surface area contributed by atoms with Crippen molar-refractivity contribution in [1.82, 2.24) is 4.90 Å². The highest BCUT2D eigenvalue weighted by atomic mass is 16.2. The van der Waals surface area contributed by atoms with E-state index in [2.05, 4.69) is 4.90 Å². The lowest BCUT2D eigenvalue weighted by molar-refractivity contribution is -0.131. The van der Waals surface area contributed by atoms with Gasteiger partial charge in [0.15, 0.2) is 0 Å². The van der Waals surface area contributed by atoms with E-state index in [1.54, 1.807) is 0 Å². The summed E-state index contributed by atoms with van der Waals surface area (Å²) in [7, 11) is 0. The van der Waals surface area contributed by atoms with E-state index < -0.39 is 0 Å². The predicted octanol–water partition coefficient (Wildman–Crippen LogP) is 3.29. The molecule has 1 aliphatic heterocycles. The molecule has 186 valence electrons. The topological polar surface area (TPSA) is 150 Å². The van der Waals surface area contributed by atoms with E-state index in [-0.39, 0.29) is 17.7 Å². The second-order valence-corrected chi connectivity index (χ2v) is 8.73. The average Bonchev–Trinajstić information content (AvgIpc) is 3.02. The zero-order chi connectivity index (χ0) is 24.0. The fourth-order valence-electron chi connectivity index (χ4n) is 3.71. The Labute approximate surface area is 194 Å². The molecule has 1 heterocycles. The summed E-state index contributed by atoms with van der Waals surface area (Å²) in [5, 5.41) is 0. The van der Waals surface area contributed by atoms with Gasteiger partial charge in [0.1, 0.15) is 0 Å². The molecule has 1 fully saturated rings. The largest absolute Gasteiger partial charge is 0.370 e. The van der Waals surface area contributed by atoms with Gasteiger partial charge in [-0.05, 0) is 38.5 Å². The smallest absolute Gasteiger partial charge is 0.222 e. The van der Waals surface area contributed by atoms with E-state index >= 15 is 0 Å². The lowest BCUT2D eigenvalue weighted by Crippen LogP contribution is -2.31. The number of amides is 4. The van der Waals surface area contributed by atoms with Crippen molar-refractivity contribution in [2.45, 2.75) is 116 Å². The maximum atomic E-state index is 12.1. The Morgan fingerprint density at radius 3 is 1.16 bits per heavy atom. The molecule has 0 aromatic heterocycles. The molecule has 0 unspecified atom stereocenters. The van der Waals surface area contributed by atoms with Gasteiger partial charge >= 0.3 is 0 Å². The zero-order valence-electron chi connectivity index (χ0n) is 20.0. The van der Waals surface area contributed by atoms with Crippen molar-refractivity contribution in [3.8, 4) is 0 Å². The predicted molar refractivity (Wildman–Crippen MR) is 127 cm³/mol. The highest BCUT2D eigenvalue weighted by molar-refractivity contribution is 5.76. The van der Waals surface area contributed by atoms with Crippen LogP contribution in [-0.2, 0) is 19.2 Å². The number of nitrogens with two attached hydrogens (primary N) is 3. The second-order valence-electron chi connectivity index (χ2n) is 8.73. The summed E-state index contributed by atoms with van der Waals surface area (Å²) in [6.45, 7) is 1.95. The van der Waals surface area contributed by atoms with Crippen LogP contribution >= 0.6 is 0 Å². The number of carbonyl (C=O) groups is 4. The third-order valence-corrected chi connectivity index (χ3v) is 5.62. The molecule has 8 nitrogen and oxygen atoms in total. The van der Waals surface area contributed by atoms with Gasteiger partial charge in [0.05, 0.1) is 0 Å². The van der Waals surface area contributed by atoms with Crippen molar-refractivity contribution >= 4 is 23.6 Å². The first-order valence-electron chi connectivity index (χ1n) is 12.5. The van der Waals surface area contributed by atoms with Gasteiger partial charge in [0.25, 0.3) is 0 Å². The highest BCUT2D eigenvalue weighted by Gasteiger charge is 2.14. The number of hydrogen-bond acceptors (Lipinski definition) is 4. The van der Waals surface area contributed by atoms with Crippen molar-refractivity contribution in [2.24, 2.45) is 17.2 Å². The molecule has 0 aliphatic carbocycles. The van der Waals surface area contributed by atoms with Crippen LogP contribution in [0, 0.1) is 0 Å². The standard InChI is InChI=1S/C18H34N2O2.C6H12N2O2/c19-17(21)13-9-5-3-1-2-4-6-10-14-18(22)20-15-11-7-8-12-16-20;7-5(9)3-1-2-4-6(8)10/h1-16H2,(H2,19,21);1-4H2,(H2,7,9)(H2,8,10). The Bertz CT molecular complexity index is 516. The summed E-state index contributed by atoms with van der Waals surface area (Å²) in [6, 6.07) is 0. The third-order valence-electron chi connectivity index (χ3n) is 5.62. The number of unbranched alkanes of at least 4 members (excludes halogenated alkanes) is 8. The fourth-order valence-corrected chi connectivity index (χ4v) is 3.71.